The highest BCUT2D eigenvalue weighted by molar-refractivity contribution is 9.09. The van der Waals surface area contributed by atoms with Crippen LogP contribution < -0.4 is 5.32 Å². The number of benzene rings is 1. The Morgan fingerprint density at radius 3 is 2.55 bits per heavy atom. The summed E-state index contributed by atoms with van der Waals surface area (Å²) < 4.78 is 26.4. The normalized spacial score (nSPS) is 20.0. The van der Waals surface area contributed by atoms with E-state index in [0.717, 1.165) is 11.8 Å². The van der Waals surface area contributed by atoms with Gasteiger partial charge in [-0.1, -0.05) is 15.9 Å². The third-order valence-corrected chi connectivity index (χ3v) is 6.07. The van der Waals surface area contributed by atoms with E-state index >= 15 is 0 Å². The van der Waals surface area contributed by atoms with Gasteiger partial charge < -0.3 is 5.32 Å². The zero-order chi connectivity index (χ0) is 14.8. The van der Waals surface area contributed by atoms with E-state index in [4.69, 9.17) is 0 Å². The number of anilines is 1. The molecule has 2 rings (SSSR count). The van der Waals surface area contributed by atoms with Gasteiger partial charge in [-0.25, -0.2) is 8.42 Å². The van der Waals surface area contributed by atoms with Crippen molar-refractivity contribution in [3.63, 3.8) is 0 Å². The number of hydrogen-bond donors (Lipinski definition) is 1. The quantitative estimate of drug-likeness (QED) is 0.835. The molecule has 0 aliphatic carbocycles. The summed E-state index contributed by atoms with van der Waals surface area (Å²) in [6, 6.07) is 6.27. The van der Waals surface area contributed by atoms with Gasteiger partial charge in [-0.2, -0.15) is 4.31 Å². The summed E-state index contributed by atoms with van der Waals surface area (Å²) >= 11 is 3.40. The summed E-state index contributed by atoms with van der Waals surface area (Å²) in [5.41, 5.74) is 0.594. The second kappa shape index (κ2) is 6.24. The monoisotopic (exact) mass is 360 g/mol. The Hall–Kier alpha value is -0.920. The molecule has 7 heteroatoms. The van der Waals surface area contributed by atoms with Crippen molar-refractivity contribution < 1.29 is 13.2 Å². The molecular formula is C13H17BrN2O3S. The molecule has 1 N–H and O–H groups in total. The van der Waals surface area contributed by atoms with Crippen LogP contribution in [0.5, 0.6) is 0 Å². The van der Waals surface area contributed by atoms with Crippen LogP contribution in [0.15, 0.2) is 29.2 Å². The summed E-state index contributed by atoms with van der Waals surface area (Å²) in [6.45, 7) is 2.53. The highest BCUT2D eigenvalue weighted by Gasteiger charge is 2.31. The van der Waals surface area contributed by atoms with Gasteiger partial charge in [0.1, 0.15) is 0 Å². The largest absolute Gasteiger partial charge is 0.326 e. The lowest BCUT2D eigenvalue weighted by Gasteiger charge is -2.16. The van der Waals surface area contributed by atoms with Crippen molar-refractivity contribution in [1.29, 1.82) is 0 Å². The molecule has 0 spiro atoms. The summed E-state index contributed by atoms with van der Waals surface area (Å²) in [4.78, 5) is 11.2. The minimum atomic E-state index is -3.43. The molecule has 1 amide bonds. The van der Waals surface area contributed by atoms with Gasteiger partial charge in [0, 0.05) is 31.0 Å². The molecule has 0 aromatic heterocycles. The topological polar surface area (TPSA) is 66.5 Å². The van der Waals surface area contributed by atoms with Crippen LogP contribution >= 0.6 is 15.9 Å². The number of nitrogens with one attached hydrogen (secondary N) is 1. The lowest BCUT2D eigenvalue weighted by atomic mass is 10.2. The van der Waals surface area contributed by atoms with Crippen LogP contribution in [-0.2, 0) is 14.8 Å². The highest BCUT2D eigenvalue weighted by Crippen LogP contribution is 2.26. The molecule has 1 aliphatic rings. The Labute approximate surface area is 127 Å². The Bertz CT molecular complexity index is 586. The van der Waals surface area contributed by atoms with E-state index in [9.17, 15) is 13.2 Å². The first-order valence-corrected chi connectivity index (χ1v) is 8.93. The maximum atomic E-state index is 12.5. The van der Waals surface area contributed by atoms with Gasteiger partial charge >= 0.3 is 0 Å². The molecule has 1 aliphatic heterocycles. The third-order valence-electron chi connectivity index (χ3n) is 3.28. The second-order valence-corrected chi connectivity index (χ2v) is 7.46. The summed E-state index contributed by atoms with van der Waals surface area (Å²) in [7, 11) is -3.43. The fraction of sp³-hybridized carbons (Fsp3) is 0.462. The van der Waals surface area contributed by atoms with E-state index in [1.807, 2.05) is 0 Å². The fourth-order valence-electron chi connectivity index (χ4n) is 2.20. The van der Waals surface area contributed by atoms with E-state index in [1.54, 1.807) is 12.1 Å². The number of hydrogen-bond acceptors (Lipinski definition) is 3. The molecule has 1 fully saturated rings. The number of sulfonamides is 1. The molecule has 110 valence electrons. The van der Waals surface area contributed by atoms with Gasteiger partial charge in [0.15, 0.2) is 0 Å². The van der Waals surface area contributed by atoms with E-state index in [0.29, 0.717) is 24.7 Å². The smallest absolute Gasteiger partial charge is 0.243 e. The average molecular weight is 361 g/mol. The third kappa shape index (κ3) is 3.39. The summed E-state index contributed by atoms with van der Waals surface area (Å²) in [5.74, 6) is 0.198. The number of carbonyl (C=O) groups excluding carboxylic acids is 1. The van der Waals surface area contributed by atoms with E-state index in [1.165, 1.54) is 23.4 Å². The van der Waals surface area contributed by atoms with Crippen molar-refractivity contribution in [2.45, 2.75) is 18.2 Å². The van der Waals surface area contributed by atoms with Crippen molar-refractivity contribution in [2.75, 3.05) is 23.7 Å². The Balaban J connectivity index is 2.16. The molecule has 20 heavy (non-hydrogen) atoms. The minimum absolute atomic E-state index is 0.180. The van der Waals surface area contributed by atoms with Gasteiger partial charge in [0.25, 0.3) is 0 Å². The van der Waals surface area contributed by atoms with Crippen LogP contribution in [0.25, 0.3) is 0 Å². The van der Waals surface area contributed by atoms with Crippen molar-refractivity contribution in [3.05, 3.63) is 24.3 Å². The summed E-state index contributed by atoms with van der Waals surface area (Å²) in [6.07, 6.45) is 0.883. The zero-order valence-electron chi connectivity index (χ0n) is 11.2. The molecular weight excluding hydrogens is 344 g/mol. The molecule has 5 nitrogen and oxygen atoms in total. The first kappa shape index (κ1) is 15.5. The number of rotatable bonds is 4. The Morgan fingerprint density at radius 1 is 1.40 bits per heavy atom. The molecule has 1 aromatic rings. The first-order chi connectivity index (χ1) is 9.43. The summed E-state index contributed by atoms with van der Waals surface area (Å²) in [5, 5.41) is 3.44. The van der Waals surface area contributed by atoms with Crippen molar-refractivity contribution in [1.82, 2.24) is 4.31 Å². The van der Waals surface area contributed by atoms with Crippen LogP contribution in [0.3, 0.4) is 0 Å². The predicted octanol–water partition coefficient (Wildman–Crippen LogP) is 2.05. The van der Waals surface area contributed by atoms with Crippen LogP contribution in [0.4, 0.5) is 5.69 Å². The van der Waals surface area contributed by atoms with Crippen LogP contribution in [-0.4, -0.2) is 37.0 Å². The first-order valence-electron chi connectivity index (χ1n) is 6.37. The van der Waals surface area contributed by atoms with Crippen molar-refractivity contribution >= 4 is 37.5 Å². The van der Waals surface area contributed by atoms with Crippen LogP contribution in [0.2, 0.25) is 0 Å². The van der Waals surface area contributed by atoms with Crippen LogP contribution in [0, 0.1) is 5.92 Å². The molecule has 1 heterocycles. The Morgan fingerprint density at radius 2 is 2.05 bits per heavy atom. The lowest BCUT2D eigenvalue weighted by molar-refractivity contribution is -0.114. The highest BCUT2D eigenvalue weighted by atomic mass is 79.9. The molecule has 1 aromatic carbocycles. The second-order valence-electron chi connectivity index (χ2n) is 4.88. The van der Waals surface area contributed by atoms with Crippen LogP contribution in [0.1, 0.15) is 13.3 Å². The molecule has 0 bridgehead atoms. The maximum absolute atomic E-state index is 12.5. The van der Waals surface area contributed by atoms with Gasteiger partial charge in [-0.15, -0.1) is 0 Å². The predicted molar refractivity (Wildman–Crippen MR) is 81.4 cm³/mol. The lowest BCUT2D eigenvalue weighted by Crippen LogP contribution is -2.29. The SMILES string of the molecule is CC(=O)Nc1ccc(S(=O)(=O)N2CCC(CBr)C2)cc1. The number of alkyl halides is 1. The van der Waals surface area contributed by atoms with E-state index in [-0.39, 0.29) is 10.8 Å². The maximum Gasteiger partial charge on any atom is 0.243 e. The van der Waals surface area contributed by atoms with E-state index in [2.05, 4.69) is 21.2 Å². The molecule has 1 unspecified atom stereocenters. The van der Waals surface area contributed by atoms with Crippen molar-refractivity contribution in [3.8, 4) is 0 Å². The minimum Gasteiger partial charge on any atom is -0.326 e. The molecule has 0 radical (unpaired) electrons. The van der Waals surface area contributed by atoms with E-state index < -0.39 is 10.0 Å². The number of halogens is 1. The van der Waals surface area contributed by atoms with Gasteiger partial charge in [-0.05, 0) is 36.6 Å². The Kier molecular flexibility index (Phi) is 4.82. The van der Waals surface area contributed by atoms with Crippen molar-refractivity contribution in [2.24, 2.45) is 5.92 Å². The van der Waals surface area contributed by atoms with Gasteiger partial charge in [0.05, 0.1) is 4.90 Å². The molecule has 1 atom stereocenters. The molecule has 0 saturated carbocycles. The number of nitrogens with zero attached hydrogens (tertiary/aromatic N) is 1. The number of amides is 1. The van der Waals surface area contributed by atoms with Gasteiger partial charge in [-0.3, -0.25) is 4.79 Å². The fourth-order valence-corrected chi connectivity index (χ4v) is 4.26. The van der Waals surface area contributed by atoms with Gasteiger partial charge in [0.2, 0.25) is 15.9 Å². The average Bonchev–Trinajstić information content (AvgIpc) is 2.88. The number of carbonyl (C=O) groups is 1. The zero-order valence-corrected chi connectivity index (χ0v) is 13.6. The molecule has 1 saturated heterocycles. The standard InChI is InChI=1S/C13H17BrN2O3S/c1-10(17)15-12-2-4-13(5-3-12)20(18,19)16-7-6-11(8-14)9-16/h2-5,11H,6-9H2,1H3,(H,15,17).